The van der Waals surface area contributed by atoms with E-state index in [1.807, 2.05) is 30.3 Å². The van der Waals surface area contributed by atoms with Crippen molar-refractivity contribution in [2.24, 2.45) is 5.73 Å². The first-order valence-electron chi connectivity index (χ1n) is 4.90. The molecule has 0 radical (unpaired) electrons. The lowest BCUT2D eigenvalue weighted by molar-refractivity contribution is -0.0507. The predicted molar refractivity (Wildman–Crippen MR) is 53.7 cm³/mol. The molecule has 2 N–H and O–H groups in total. The lowest BCUT2D eigenvalue weighted by atomic mass is 10.0. The normalized spacial score (nSPS) is 19.8. The molecule has 1 unspecified atom stereocenters. The number of hydrogen-bond acceptors (Lipinski definition) is 3. The Labute approximate surface area is 83.8 Å². The Hall–Kier alpha value is -0.900. The van der Waals surface area contributed by atoms with Crippen molar-refractivity contribution in [1.29, 1.82) is 0 Å². The van der Waals surface area contributed by atoms with Gasteiger partial charge in [0, 0.05) is 12.5 Å². The van der Waals surface area contributed by atoms with Crippen LogP contribution >= 0.6 is 0 Å². The number of rotatable bonds is 3. The van der Waals surface area contributed by atoms with Crippen molar-refractivity contribution in [2.45, 2.75) is 18.8 Å². The van der Waals surface area contributed by atoms with Crippen LogP contribution in [-0.4, -0.2) is 19.5 Å². The van der Waals surface area contributed by atoms with Gasteiger partial charge in [-0.25, -0.2) is 0 Å². The molecule has 1 saturated heterocycles. The van der Waals surface area contributed by atoms with Gasteiger partial charge >= 0.3 is 0 Å². The summed E-state index contributed by atoms with van der Waals surface area (Å²) in [6.07, 6.45) is 0.606. The zero-order valence-corrected chi connectivity index (χ0v) is 8.06. The van der Waals surface area contributed by atoms with Gasteiger partial charge in [-0.05, 0) is 5.56 Å². The van der Waals surface area contributed by atoms with Crippen molar-refractivity contribution in [3.05, 3.63) is 35.9 Å². The second-order valence-electron chi connectivity index (χ2n) is 3.42. The maximum atomic E-state index is 6.01. The Morgan fingerprint density at radius 2 is 1.86 bits per heavy atom. The Bertz CT molecular complexity index is 270. The highest BCUT2D eigenvalue weighted by Crippen LogP contribution is 2.19. The van der Waals surface area contributed by atoms with Gasteiger partial charge in [0.1, 0.15) is 0 Å². The molecule has 1 aliphatic heterocycles. The van der Waals surface area contributed by atoms with E-state index in [0.29, 0.717) is 13.2 Å². The van der Waals surface area contributed by atoms with E-state index in [0.717, 1.165) is 12.0 Å². The van der Waals surface area contributed by atoms with Crippen molar-refractivity contribution >= 4 is 0 Å². The molecular formula is C11H15NO2. The molecule has 3 heteroatoms. The van der Waals surface area contributed by atoms with E-state index in [9.17, 15) is 0 Å². The molecule has 1 fully saturated rings. The van der Waals surface area contributed by atoms with Crippen LogP contribution < -0.4 is 5.73 Å². The maximum absolute atomic E-state index is 6.01. The molecule has 0 aromatic heterocycles. The van der Waals surface area contributed by atoms with Gasteiger partial charge in [-0.1, -0.05) is 30.3 Å². The van der Waals surface area contributed by atoms with Crippen molar-refractivity contribution < 1.29 is 9.47 Å². The Balaban J connectivity index is 1.92. The van der Waals surface area contributed by atoms with Gasteiger partial charge in [-0.15, -0.1) is 0 Å². The summed E-state index contributed by atoms with van der Waals surface area (Å²) in [4.78, 5) is 0. The first kappa shape index (κ1) is 9.65. The molecule has 2 rings (SSSR count). The predicted octanol–water partition coefficient (Wildman–Crippen LogP) is 1.45. The number of benzene rings is 1. The number of nitrogens with two attached hydrogens (primary N) is 1. The van der Waals surface area contributed by atoms with Crippen LogP contribution in [0.2, 0.25) is 0 Å². The molecular weight excluding hydrogens is 178 g/mol. The molecule has 0 spiro atoms. The maximum Gasteiger partial charge on any atom is 0.159 e. The summed E-state index contributed by atoms with van der Waals surface area (Å²) in [6.45, 7) is 1.37. The van der Waals surface area contributed by atoms with E-state index in [4.69, 9.17) is 15.2 Å². The van der Waals surface area contributed by atoms with E-state index < -0.39 is 0 Å². The van der Waals surface area contributed by atoms with Gasteiger partial charge in [0.05, 0.1) is 13.2 Å². The first-order valence-corrected chi connectivity index (χ1v) is 4.90. The average Bonchev–Trinajstić information content (AvgIpc) is 2.72. The summed E-state index contributed by atoms with van der Waals surface area (Å²) in [7, 11) is 0. The summed E-state index contributed by atoms with van der Waals surface area (Å²) >= 11 is 0. The highest BCUT2D eigenvalue weighted by Gasteiger charge is 2.19. The summed E-state index contributed by atoms with van der Waals surface area (Å²) in [5.74, 6) is 0. The van der Waals surface area contributed by atoms with Crippen LogP contribution in [0.3, 0.4) is 0 Å². The third-order valence-corrected chi connectivity index (χ3v) is 2.36. The van der Waals surface area contributed by atoms with Gasteiger partial charge in [0.25, 0.3) is 0 Å². The fraction of sp³-hybridized carbons (Fsp3) is 0.455. The minimum absolute atomic E-state index is 0.000648. The van der Waals surface area contributed by atoms with E-state index in [1.54, 1.807) is 0 Å². The molecule has 14 heavy (non-hydrogen) atoms. The third kappa shape index (κ3) is 2.32. The summed E-state index contributed by atoms with van der Waals surface area (Å²) < 4.78 is 10.7. The molecule has 0 bridgehead atoms. The van der Waals surface area contributed by atoms with Gasteiger partial charge in [-0.2, -0.15) is 0 Å². The van der Waals surface area contributed by atoms with E-state index in [-0.39, 0.29) is 12.3 Å². The van der Waals surface area contributed by atoms with Crippen LogP contribution in [-0.2, 0) is 9.47 Å². The van der Waals surface area contributed by atoms with Crippen LogP contribution in [0.25, 0.3) is 0 Å². The highest BCUT2D eigenvalue weighted by atomic mass is 16.7. The van der Waals surface area contributed by atoms with Crippen LogP contribution in [0.15, 0.2) is 30.3 Å². The highest BCUT2D eigenvalue weighted by molar-refractivity contribution is 5.18. The fourth-order valence-electron chi connectivity index (χ4n) is 1.59. The average molecular weight is 193 g/mol. The standard InChI is InChI=1S/C11H15NO2/c12-10(8-11-13-6-7-14-11)9-4-2-1-3-5-9/h1-5,10-11H,6-8,12H2. The lowest BCUT2D eigenvalue weighted by Gasteiger charge is -2.15. The number of hydrogen-bond donors (Lipinski definition) is 1. The van der Waals surface area contributed by atoms with Crippen molar-refractivity contribution in [2.75, 3.05) is 13.2 Å². The first-order chi connectivity index (χ1) is 6.86. The van der Waals surface area contributed by atoms with Gasteiger partial charge in [-0.3, -0.25) is 0 Å². The Kier molecular flexibility index (Phi) is 3.14. The minimum atomic E-state index is -0.120. The van der Waals surface area contributed by atoms with E-state index in [1.165, 1.54) is 0 Å². The van der Waals surface area contributed by atoms with Gasteiger partial charge < -0.3 is 15.2 Å². The van der Waals surface area contributed by atoms with Crippen molar-refractivity contribution in [3.63, 3.8) is 0 Å². The van der Waals surface area contributed by atoms with E-state index in [2.05, 4.69) is 0 Å². The molecule has 0 amide bonds. The molecule has 0 saturated carbocycles. The molecule has 0 aliphatic carbocycles. The second kappa shape index (κ2) is 4.55. The smallest absolute Gasteiger partial charge is 0.159 e. The quantitative estimate of drug-likeness (QED) is 0.790. The zero-order valence-electron chi connectivity index (χ0n) is 8.06. The topological polar surface area (TPSA) is 44.5 Å². The fourth-order valence-corrected chi connectivity index (χ4v) is 1.59. The van der Waals surface area contributed by atoms with Gasteiger partial charge in [0.15, 0.2) is 6.29 Å². The molecule has 1 aliphatic rings. The van der Waals surface area contributed by atoms with Crippen LogP contribution in [0.1, 0.15) is 18.0 Å². The SMILES string of the molecule is NC(CC1OCCO1)c1ccccc1. The molecule has 1 aromatic carbocycles. The summed E-state index contributed by atoms with van der Waals surface area (Å²) in [6, 6.07) is 10.0. The lowest BCUT2D eigenvalue weighted by Crippen LogP contribution is -2.19. The molecule has 1 atom stereocenters. The number of ether oxygens (including phenoxy) is 2. The summed E-state index contributed by atoms with van der Waals surface area (Å²) in [5.41, 5.74) is 7.15. The Morgan fingerprint density at radius 3 is 2.50 bits per heavy atom. The summed E-state index contributed by atoms with van der Waals surface area (Å²) in [5, 5.41) is 0. The Morgan fingerprint density at radius 1 is 1.21 bits per heavy atom. The van der Waals surface area contributed by atoms with E-state index >= 15 is 0 Å². The minimum Gasteiger partial charge on any atom is -0.350 e. The molecule has 1 aromatic rings. The largest absolute Gasteiger partial charge is 0.350 e. The third-order valence-electron chi connectivity index (χ3n) is 2.36. The van der Waals surface area contributed by atoms with Crippen molar-refractivity contribution in [3.8, 4) is 0 Å². The molecule has 3 nitrogen and oxygen atoms in total. The monoisotopic (exact) mass is 193 g/mol. The molecule has 1 heterocycles. The van der Waals surface area contributed by atoms with Crippen LogP contribution in [0, 0.1) is 0 Å². The van der Waals surface area contributed by atoms with Crippen molar-refractivity contribution in [1.82, 2.24) is 0 Å². The zero-order chi connectivity index (χ0) is 9.80. The van der Waals surface area contributed by atoms with Gasteiger partial charge in [0.2, 0.25) is 0 Å². The van der Waals surface area contributed by atoms with Crippen LogP contribution in [0.4, 0.5) is 0 Å². The second-order valence-corrected chi connectivity index (χ2v) is 3.42. The molecule has 76 valence electrons. The van der Waals surface area contributed by atoms with Crippen LogP contribution in [0.5, 0.6) is 0 Å².